The fraction of sp³-hybridized carbons (Fsp3) is 0.167. The van der Waals surface area contributed by atoms with Gasteiger partial charge in [0, 0.05) is 24.4 Å². The Hall–Kier alpha value is -2.77. The summed E-state index contributed by atoms with van der Waals surface area (Å²) in [6, 6.07) is 2.98. The zero-order chi connectivity index (χ0) is 14.7. The third-order valence-electron chi connectivity index (χ3n) is 2.62. The SMILES string of the molecule is CCn1cc(NC(=O)c2ccc([N+](=O)[O-])c(F)c2)cn1. The molecule has 2 rings (SSSR count). The van der Waals surface area contributed by atoms with Crippen LogP contribution in [-0.4, -0.2) is 20.6 Å². The Morgan fingerprint density at radius 3 is 2.85 bits per heavy atom. The lowest BCUT2D eigenvalue weighted by molar-refractivity contribution is -0.387. The van der Waals surface area contributed by atoms with Gasteiger partial charge in [0.2, 0.25) is 5.82 Å². The number of rotatable bonds is 4. The van der Waals surface area contributed by atoms with E-state index in [0.29, 0.717) is 12.2 Å². The minimum absolute atomic E-state index is 0.00246. The van der Waals surface area contributed by atoms with Crippen LogP contribution in [-0.2, 0) is 6.54 Å². The first kappa shape index (κ1) is 13.7. The van der Waals surface area contributed by atoms with Gasteiger partial charge in [-0.3, -0.25) is 19.6 Å². The van der Waals surface area contributed by atoms with Gasteiger partial charge in [0.15, 0.2) is 0 Å². The summed E-state index contributed by atoms with van der Waals surface area (Å²) >= 11 is 0. The summed E-state index contributed by atoms with van der Waals surface area (Å²) in [5, 5.41) is 17.0. The van der Waals surface area contributed by atoms with E-state index in [9.17, 15) is 19.3 Å². The van der Waals surface area contributed by atoms with Crippen LogP contribution in [0.5, 0.6) is 0 Å². The number of halogens is 1. The molecular formula is C12H11FN4O3. The molecule has 0 radical (unpaired) electrons. The number of benzene rings is 1. The lowest BCUT2D eigenvalue weighted by Gasteiger charge is -2.02. The lowest BCUT2D eigenvalue weighted by Crippen LogP contribution is -2.12. The monoisotopic (exact) mass is 278 g/mol. The van der Waals surface area contributed by atoms with E-state index in [1.807, 2.05) is 6.92 Å². The molecular weight excluding hydrogens is 267 g/mol. The summed E-state index contributed by atoms with van der Waals surface area (Å²) in [5.74, 6) is -1.61. The van der Waals surface area contributed by atoms with Gasteiger partial charge in [-0.25, -0.2) is 0 Å². The Morgan fingerprint density at radius 1 is 1.55 bits per heavy atom. The Balaban J connectivity index is 2.17. The van der Waals surface area contributed by atoms with Gasteiger partial charge in [0.25, 0.3) is 5.91 Å². The predicted molar refractivity (Wildman–Crippen MR) is 68.9 cm³/mol. The van der Waals surface area contributed by atoms with Gasteiger partial charge in [0.05, 0.1) is 16.8 Å². The number of hydrogen-bond acceptors (Lipinski definition) is 4. The van der Waals surface area contributed by atoms with Crippen LogP contribution in [0.3, 0.4) is 0 Å². The number of aromatic nitrogens is 2. The summed E-state index contributed by atoms with van der Waals surface area (Å²) < 4.78 is 15.0. The van der Waals surface area contributed by atoms with E-state index < -0.39 is 22.3 Å². The molecule has 1 aromatic carbocycles. The first-order valence-corrected chi connectivity index (χ1v) is 5.79. The minimum atomic E-state index is -1.05. The number of nitro benzene ring substituents is 1. The molecule has 0 aliphatic carbocycles. The lowest BCUT2D eigenvalue weighted by atomic mass is 10.2. The summed E-state index contributed by atoms with van der Waals surface area (Å²) in [6.45, 7) is 2.55. The molecule has 0 saturated carbocycles. The summed E-state index contributed by atoms with van der Waals surface area (Å²) in [6.07, 6.45) is 3.09. The molecule has 1 aromatic heterocycles. The van der Waals surface area contributed by atoms with E-state index in [4.69, 9.17) is 0 Å². The normalized spacial score (nSPS) is 10.3. The van der Waals surface area contributed by atoms with Gasteiger partial charge in [-0.15, -0.1) is 0 Å². The van der Waals surface area contributed by atoms with E-state index >= 15 is 0 Å². The topological polar surface area (TPSA) is 90.1 Å². The second-order valence-corrected chi connectivity index (χ2v) is 3.96. The maximum Gasteiger partial charge on any atom is 0.304 e. The summed E-state index contributed by atoms with van der Waals surface area (Å²) in [5.41, 5.74) is -0.201. The zero-order valence-corrected chi connectivity index (χ0v) is 10.5. The van der Waals surface area contributed by atoms with Gasteiger partial charge in [-0.05, 0) is 19.1 Å². The molecule has 1 heterocycles. The second kappa shape index (κ2) is 5.47. The van der Waals surface area contributed by atoms with Crippen LogP contribution >= 0.6 is 0 Å². The van der Waals surface area contributed by atoms with Gasteiger partial charge in [-0.1, -0.05) is 0 Å². The molecule has 20 heavy (non-hydrogen) atoms. The average Bonchev–Trinajstić information content (AvgIpc) is 2.85. The summed E-state index contributed by atoms with van der Waals surface area (Å²) in [7, 11) is 0. The van der Waals surface area contributed by atoms with Crippen LogP contribution in [0.25, 0.3) is 0 Å². The Bertz CT molecular complexity index is 668. The fourth-order valence-corrected chi connectivity index (χ4v) is 1.60. The minimum Gasteiger partial charge on any atom is -0.319 e. The maximum absolute atomic E-state index is 13.4. The molecule has 0 saturated heterocycles. The molecule has 1 N–H and O–H groups in total. The van der Waals surface area contributed by atoms with E-state index in [1.54, 1.807) is 10.9 Å². The Kier molecular flexibility index (Phi) is 3.74. The van der Waals surface area contributed by atoms with Crippen molar-refractivity contribution in [3.05, 3.63) is 52.1 Å². The van der Waals surface area contributed by atoms with Crippen molar-refractivity contribution in [3.63, 3.8) is 0 Å². The van der Waals surface area contributed by atoms with Crippen molar-refractivity contribution in [2.75, 3.05) is 5.32 Å². The smallest absolute Gasteiger partial charge is 0.304 e. The van der Waals surface area contributed by atoms with Gasteiger partial charge >= 0.3 is 5.69 Å². The highest BCUT2D eigenvalue weighted by atomic mass is 19.1. The number of anilines is 1. The molecule has 0 fully saturated rings. The number of hydrogen-bond donors (Lipinski definition) is 1. The van der Waals surface area contributed by atoms with Crippen molar-refractivity contribution >= 4 is 17.3 Å². The van der Waals surface area contributed by atoms with Crippen molar-refractivity contribution in [2.45, 2.75) is 13.5 Å². The fourth-order valence-electron chi connectivity index (χ4n) is 1.60. The van der Waals surface area contributed by atoms with Crippen molar-refractivity contribution in [1.29, 1.82) is 0 Å². The quantitative estimate of drug-likeness (QED) is 0.685. The molecule has 0 aliphatic heterocycles. The van der Waals surface area contributed by atoms with Gasteiger partial charge < -0.3 is 5.32 Å². The molecule has 0 bridgehead atoms. The van der Waals surface area contributed by atoms with Crippen LogP contribution in [0.4, 0.5) is 15.8 Å². The van der Waals surface area contributed by atoms with Gasteiger partial charge in [0.1, 0.15) is 0 Å². The number of carbonyl (C=O) groups is 1. The molecule has 0 spiro atoms. The Labute approximate surface area is 113 Å². The molecule has 0 aliphatic rings. The number of nitrogens with one attached hydrogen (secondary N) is 1. The van der Waals surface area contributed by atoms with Crippen LogP contribution in [0.15, 0.2) is 30.6 Å². The molecule has 0 unspecified atom stereocenters. The van der Waals surface area contributed by atoms with Crippen molar-refractivity contribution < 1.29 is 14.1 Å². The van der Waals surface area contributed by atoms with Crippen LogP contribution < -0.4 is 5.32 Å². The largest absolute Gasteiger partial charge is 0.319 e. The average molecular weight is 278 g/mol. The van der Waals surface area contributed by atoms with Crippen molar-refractivity contribution in [1.82, 2.24) is 9.78 Å². The number of amides is 1. The number of aryl methyl sites for hydroxylation is 1. The number of carbonyl (C=O) groups excluding carboxylic acids is 1. The van der Waals surface area contributed by atoms with E-state index in [0.717, 1.165) is 12.1 Å². The van der Waals surface area contributed by atoms with E-state index in [2.05, 4.69) is 10.4 Å². The molecule has 2 aromatic rings. The molecule has 8 heteroatoms. The second-order valence-electron chi connectivity index (χ2n) is 3.96. The first-order chi connectivity index (χ1) is 9.51. The molecule has 0 atom stereocenters. The number of nitro groups is 1. The summed E-state index contributed by atoms with van der Waals surface area (Å²) in [4.78, 5) is 21.5. The van der Waals surface area contributed by atoms with E-state index in [1.165, 1.54) is 12.3 Å². The van der Waals surface area contributed by atoms with Gasteiger partial charge in [-0.2, -0.15) is 9.49 Å². The highest BCUT2D eigenvalue weighted by Gasteiger charge is 2.17. The predicted octanol–water partition coefficient (Wildman–Crippen LogP) is 2.20. The van der Waals surface area contributed by atoms with Crippen LogP contribution in [0, 0.1) is 15.9 Å². The molecule has 104 valence electrons. The standard InChI is InChI=1S/C12H11FN4O3/c1-2-16-7-9(6-14-16)15-12(18)8-3-4-11(17(19)20)10(13)5-8/h3-7H,2H2,1H3,(H,15,18). The number of nitrogens with zero attached hydrogens (tertiary/aromatic N) is 3. The van der Waals surface area contributed by atoms with Crippen molar-refractivity contribution in [2.24, 2.45) is 0 Å². The first-order valence-electron chi connectivity index (χ1n) is 5.79. The highest BCUT2D eigenvalue weighted by Crippen LogP contribution is 2.18. The molecule has 1 amide bonds. The van der Waals surface area contributed by atoms with Crippen molar-refractivity contribution in [3.8, 4) is 0 Å². The van der Waals surface area contributed by atoms with Crippen LogP contribution in [0.1, 0.15) is 17.3 Å². The highest BCUT2D eigenvalue weighted by molar-refractivity contribution is 6.04. The Morgan fingerprint density at radius 2 is 2.30 bits per heavy atom. The maximum atomic E-state index is 13.4. The third-order valence-corrected chi connectivity index (χ3v) is 2.62. The molecule has 7 nitrogen and oxygen atoms in total. The zero-order valence-electron chi connectivity index (χ0n) is 10.5. The van der Waals surface area contributed by atoms with E-state index in [-0.39, 0.29) is 5.56 Å². The third kappa shape index (κ3) is 2.79. The van der Waals surface area contributed by atoms with Crippen LogP contribution in [0.2, 0.25) is 0 Å².